The van der Waals surface area contributed by atoms with Gasteiger partial charge in [-0.05, 0) is 46.5 Å². The summed E-state index contributed by atoms with van der Waals surface area (Å²) >= 11 is 3.41. The Balaban J connectivity index is 1.60. The maximum absolute atomic E-state index is 12.5. The topological polar surface area (TPSA) is 61.9 Å². The number of nitriles is 1. The van der Waals surface area contributed by atoms with Crippen LogP contribution < -0.4 is 0 Å². The number of amides is 1. The zero-order valence-corrected chi connectivity index (χ0v) is 14.2. The Morgan fingerprint density at radius 3 is 2.57 bits per heavy atom. The lowest BCUT2D eigenvalue weighted by molar-refractivity contribution is 0.0690. The average Bonchev–Trinajstić information content (AvgIpc) is 3.02. The van der Waals surface area contributed by atoms with Crippen molar-refractivity contribution < 1.29 is 4.79 Å². The summed E-state index contributed by atoms with van der Waals surface area (Å²) in [4.78, 5) is 14.4. The van der Waals surface area contributed by atoms with Crippen LogP contribution in [0.25, 0.3) is 0 Å². The average molecular weight is 373 g/mol. The summed E-state index contributed by atoms with van der Waals surface area (Å²) in [6, 6.07) is 9.79. The second kappa shape index (κ2) is 6.97. The van der Waals surface area contributed by atoms with Gasteiger partial charge in [-0.25, -0.2) is 0 Å². The molecule has 3 rings (SSSR count). The molecule has 0 N–H and O–H groups in total. The summed E-state index contributed by atoms with van der Waals surface area (Å²) in [5.41, 5.74) is 1.62. The Morgan fingerprint density at radius 1 is 1.30 bits per heavy atom. The van der Waals surface area contributed by atoms with E-state index in [4.69, 9.17) is 5.26 Å². The fraction of sp³-hybridized carbons (Fsp3) is 0.353. The van der Waals surface area contributed by atoms with Gasteiger partial charge in [-0.2, -0.15) is 10.4 Å². The van der Waals surface area contributed by atoms with Crippen molar-refractivity contribution in [3.63, 3.8) is 0 Å². The number of benzene rings is 1. The molecule has 0 saturated carbocycles. The predicted molar refractivity (Wildman–Crippen MR) is 89.9 cm³/mol. The van der Waals surface area contributed by atoms with E-state index in [1.54, 1.807) is 6.20 Å². The van der Waals surface area contributed by atoms with Crippen molar-refractivity contribution >= 4 is 21.8 Å². The van der Waals surface area contributed by atoms with Crippen LogP contribution in [0.2, 0.25) is 0 Å². The van der Waals surface area contributed by atoms with Crippen LogP contribution in [0.3, 0.4) is 0 Å². The molecule has 0 radical (unpaired) electrons. The van der Waals surface area contributed by atoms with E-state index in [2.05, 4.69) is 27.1 Å². The zero-order chi connectivity index (χ0) is 16.2. The van der Waals surface area contributed by atoms with E-state index in [9.17, 15) is 4.79 Å². The third-order valence-corrected chi connectivity index (χ3v) is 4.59. The molecule has 0 aliphatic carbocycles. The van der Waals surface area contributed by atoms with Gasteiger partial charge in [-0.1, -0.05) is 12.1 Å². The molecule has 1 aromatic carbocycles. The highest BCUT2D eigenvalue weighted by Gasteiger charge is 2.24. The number of aromatic nitrogens is 2. The Hall–Kier alpha value is -2.13. The molecule has 1 aromatic heterocycles. The molecule has 1 aliphatic rings. The molecule has 0 bridgehead atoms. The Kier molecular flexibility index (Phi) is 4.77. The molecule has 1 aliphatic heterocycles. The minimum Gasteiger partial charge on any atom is -0.338 e. The first-order valence-corrected chi connectivity index (χ1v) is 8.41. The number of likely N-dealkylation sites (tertiary alicyclic amines) is 1. The number of nitrogens with zero attached hydrogens (tertiary/aromatic N) is 4. The fourth-order valence-electron chi connectivity index (χ4n) is 2.89. The molecule has 2 aromatic rings. The second-order valence-electron chi connectivity index (χ2n) is 5.69. The molecule has 2 heterocycles. The van der Waals surface area contributed by atoms with Gasteiger partial charge in [0.05, 0.1) is 29.2 Å². The predicted octanol–water partition coefficient (Wildman–Crippen LogP) is 3.19. The van der Waals surface area contributed by atoms with Crippen LogP contribution in [-0.4, -0.2) is 33.7 Å². The summed E-state index contributed by atoms with van der Waals surface area (Å²) in [6.45, 7) is 1.47. The normalized spacial score (nSPS) is 15.4. The largest absolute Gasteiger partial charge is 0.338 e. The van der Waals surface area contributed by atoms with Gasteiger partial charge >= 0.3 is 0 Å². The van der Waals surface area contributed by atoms with Crippen LogP contribution in [0.5, 0.6) is 0 Å². The lowest BCUT2D eigenvalue weighted by atomic mass is 10.0. The highest BCUT2D eigenvalue weighted by Crippen LogP contribution is 2.24. The van der Waals surface area contributed by atoms with Gasteiger partial charge in [0.2, 0.25) is 0 Å². The van der Waals surface area contributed by atoms with E-state index in [1.807, 2.05) is 40.0 Å². The van der Waals surface area contributed by atoms with Crippen LogP contribution in [0.15, 0.2) is 41.1 Å². The molecule has 1 fully saturated rings. The first-order chi connectivity index (χ1) is 11.2. The maximum atomic E-state index is 12.5. The highest BCUT2D eigenvalue weighted by atomic mass is 79.9. The Labute approximate surface area is 143 Å². The molecule has 0 unspecified atom stereocenters. The van der Waals surface area contributed by atoms with Crippen molar-refractivity contribution in [3.05, 3.63) is 52.3 Å². The lowest BCUT2D eigenvalue weighted by Gasteiger charge is -2.32. The molecule has 1 amide bonds. The number of rotatable bonds is 3. The number of hydrogen-bond acceptors (Lipinski definition) is 3. The first kappa shape index (κ1) is 15.8. The zero-order valence-electron chi connectivity index (χ0n) is 12.7. The van der Waals surface area contributed by atoms with Crippen LogP contribution in [0.4, 0.5) is 0 Å². The summed E-state index contributed by atoms with van der Waals surface area (Å²) in [6.07, 6.45) is 5.97. The van der Waals surface area contributed by atoms with E-state index in [1.165, 1.54) is 0 Å². The fourth-order valence-corrected chi connectivity index (χ4v) is 3.19. The van der Waals surface area contributed by atoms with E-state index >= 15 is 0 Å². The number of carbonyl (C=O) groups excluding carboxylic acids is 1. The number of carbonyl (C=O) groups is 1. The summed E-state index contributed by atoms with van der Waals surface area (Å²) < 4.78 is 2.95. The van der Waals surface area contributed by atoms with E-state index < -0.39 is 0 Å². The Morgan fingerprint density at radius 2 is 2.00 bits per heavy atom. The van der Waals surface area contributed by atoms with Crippen molar-refractivity contribution in [2.75, 3.05) is 13.1 Å². The van der Waals surface area contributed by atoms with Crippen molar-refractivity contribution in [2.45, 2.75) is 25.3 Å². The molecule has 0 atom stereocenters. The molecule has 5 nitrogen and oxygen atoms in total. The van der Waals surface area contributed by atoms with Crippen molar-refractivity contribution in [2.24, 2.45) is 0 Å². The van der Waals surface area contributed by atoms with Crippen LogP contribution in [-0.2, 0) is 6.42 Å². The summed E-state index contributed by atoms with van der Waals surface area (Å²) in [5.74, 6) is 0.0635. The molecule has 1 saturated heterocycles. The lowest BCUT2D eigenvalue weighted by Crippen LogP contribution is -2.39. The van der Waals surface area contributed by atoms with Gasteiger partial charge < -0.3 is 4.90 Å². The molecular weight excluding hydrogens is 356 g/mol. The smallest absolute Gasteiger partial charge is 0.253 e. The van der Waals surface area contributed by atoms with E-state index in [0.29, 0.717) is 18.0 Å². The molecule has 0 spiro atoms. The Bertz CT molecular complexity index is 724. The van der Waals surface area contributed by atoms with Crippen LogP contribution in [0.1, 0.15) is 34.8 Å². The summed E-state index contributed by atoms with van der Waals surface area (Å²) in [7, 11) is 0. The van der Waals surface area contributed by atoms with Gasteiger partial charge in [-0.15, -0.1) is 0 Å². The monoisotopic (exact) mass is 372 g/mol. The van der Waals surface area contributed by atoms with Gasteiger partial charge in [0.25, 0.3) is 5.91 Å². The quantitative estimate of drug-likeness (QED) is 0.830. The van der Waals surface area contributed by atoms with Gasteiger partial charge in [-0.3, -0.25) is 9.48 Å². The standard InChI is InChI=1S/C17H17BrN4O/c18-15-11-20-22(12-15)16-6-9-21(10-7-16)17(23)14-3-1-13(2-4-14)5-8-19/h1-4,11-12,16H,5-7,9-10H2. The van der Waals surface area contributed by atoms with Gasteiger partial charge in [0.1, 0.15) is 0 Å². The summed E-state index contributed by atoms with van der Waals surface area (Å²) in [5, 5.41) is 13.0. The third kappa shape index (κ3) is 3.62. The van der Waals surface area contributed by atoms with E-state index in [0.717, 1.165) is 36.0 Å². The SMILES string of the molecule is N#CCc1ccc(C(=O)N2CCC(n3cc(Br)cn3)CC2)cc1. The third-order valence-electron chi connectivity index (χ3n) is 4.18. The van der Waals surface area contributed by atoms with Crippen molar-refractivity contribution in [3.8, 4) is 6.07 Å². The minimum atomic E-state index is 0.0635. The number of piperidine rings is 1. The maximum Gasteiger partial charge on any atom is 0.253 e. The molecule has 23 heavy (non-hydrogen) atoms. The number of halogens is 1. The van der Waals surface area contributed by atoms with Gasteiger partial charge in [0, 0.05) is 24.8 Å². The van der Waals surface area contributed by atoms with Crippen molar-refractivity contribution in [1.29, 1.82) is 5.26 Å². The molecule has 6 heteroatoms. The van der Waals surface area contributed by atoms with E-state index in [-0.39, 0.29) is 5.91 Å². The van der Waals surface area contributed by atoms with Crippen molar-refractivity contribution in [1.82, 2.24) is 14.7 Å². The second-order valence-corrected chi connectivity index (χ2v) is 6.61. The van der Waals surface area contributed by atoms with Crippen LogP contribution in [0, 0.1) is 11.3 Å². The highest BCUT2D eigenvalue weighted by molar-refractivity contribution is 9.10. The van der Waals surface area contributed by atoms with Gasteiger partial charge in [0.15, 0.2) is 0 Å². The molecule has 118 valence electrons. The number of hydrogen-bond donors (Lipinski definition) is 0. The molecular formula is C17H17BrN4O. The minimum absolute atomic E-state index is 0.0635. The first-order valence-electron chi connectivity index (χ1n) is 7.62. The van der Waals surface area contributed by atoms with Crippen LogP contribution >= 0.6 is 15.9 Å².